The van der Waals surface area contributed by atoms with Crippen molar-refractivity contribution in [1.29, 1.82) is 0 Å². The molecule has 0 aromatic carbocycles. The molecule has 0 saturated carbocycles. The van der Waals surface area contributed by atoms with Crippen molar-refractivity contribution in [3.05, 3.63) is 0 Å². The molecule has 2 N–H and O–H groups in total. The molecule has 0 radical (unpaired) electrons. The Balaban J connectivity index is 0.00000144. The number of amides is 1. The summed E-state index contributed by atoms with van der Waals surface area (Å²) in [5, 5.41) is 6.43. The van der Waals surface area contributed by atoms with Gasteiger partial charge in [-0.15, -0.1) is 12.4 Å². The SMILES string of the molecule is Cl.O=C(CC1CSCCN1)NC1CCCOC1. The van der Waals surface area contributed by atoms with E-state index in [0.29, 0.717) is 19.1 Å². The van der Waals surface area contributed by atoms with Crippen LogP contribution >= 0.6 is 24.2 Å². The van der Waals surface area contributed by atoms with E-state index in [1.54, 1.807) is 0 Å². The summed E-state index contributed by atoms with van der Waals surface area (Å²) in [4.78, 5) is 11.8. The number of ether oxygens (including phenoxy) is 1. The van der Waals surface area contributed by atoms with E-state index in [1.165, 1.54) is 0 Å². The molecule has 6 heteroatoms. The highest BCUT2D eigenvalue weighted by Crippen LogP contribution is 2.11. The maximum absolute atomic E-state index is 11.8. The molecule has 4 nitrogen and oxygen atoms in total. The summed E-state index contributed by atoms with van der Waals surface area (Å²) >= 11 is 1.92. The minimum Gasteiger partial charge on any atom is -0.379 e. The smallest absolute Gasteiger partial charge is 0.221 e. The van der Waals surface area contributed by atoms with Gasteiger partial charge in [-0.05, 0) is 12.8 Å². The van der Waals surface area contributed by atoms with Crippen LogP contribution in [0.15, 0.2) is 0 Å². The van der Waals surface area contributed by atoms with E-state index >= 15 is 0 Å². The lowest BCUT2D eigenvalue weighted by atomic mass is 10.1. The predicted octanol–water partition coefficient (Wildman–Crippen LogP) is 0.798. The maximum atomic E-state index is 11.8. The minimum atomic E-state index is 0. The zero-order chi connectivity index (χ0) is 11.2. The van der Waals surface area contributed by atoms with Crippen LogP contribution in [0.1, 0.15) is 19.3 Å². The maximum Gasteiger partial charge on any atom is 0.221 e. The third-order valence-corrected chi connectivity index (χ3v) is 4.09. The van der Waals surface area contributed by atoms with Gasteiger partial charge in [-0.3, -0.25) is 4.79 Å². The minimum absolute atomic E-state index is 0. The first-order valence-corrected chi connectivity index (χ1v) is 7.18. The number of thioether (sulfide) groups is 1. The molecule has 2 unspecified atom stereocenters. The Morgan fingerprint density at radius 1 is 1.53 bits per heavy atom. The van der Waals surface area contributed by atoms with Crippen LogP contribution in [0, 0.1) is 0 Å². The first-order valence-electron chi connectivity index (χ1n) is 6.03. The second-order valence-electron chi connectivity index (χ2n) is 4.41. The Kier molecular flexibility index (Phi) is 7.27. The Bertz CT molecular complexity index is 210. The van der Waals surface area contributed by atoms with Gasteiger partial charge < -0.3 is 15.4 Å². The average molecular weight is 281 g/mol. The lowest BCUT2D eigenvalue weighted by Crippen LogP contribution is -2.45. The molecule has 100 valence electrons. The van der Waals surface area contributed by atoms with Crippen molar-refractivity contribution >= 4 is 30.1 Å². The normalized spacial score (nSPS) is 29.2. The quantitative estimate of drug-likeness (QED) is 0.803. The van der Waals surface area contributed by atoms with Gasteiger partial charge in [-0.1, -0.05) is 0 Å². The number of carbonyl (C=O) groups is 1. The van der Waals surface area contributed by atoms with Gasteiger partial charge in [-0.2, -0.15) is 11.8 Å². The van der Waals surface area contributed by atoms with Crippen LogP contribution in [0.4, 0.5) is 0 Å². The fraction of sp³-hybridized carbons (Fsp3) is 0.909. The number of halogens is 1. The summed E-state index contributed by atoms with van der Waals surface area (Å²) in [5.74, 6) is 2.37. The standard InChI is InChI=1S/C11H20N2O2S.ClH/c14-11(6-10-8-16-5-3-12-10)13-9-2-1-4-15-7-9;/h9-10,12H,1-8H2,(H,13,14);1H. The number of hydrogen-bond acceptors (Lipinski definition) is 4. The number of nitrogens with one attached hydrogen (secondary N) is 2. The van der Waals surface area contributed by atoms with Crippen LogP contribution in [0.25, 0.3) is 0 Å². The third-order valence-electron chi connectivity index (χ3n) is 2.96. The van der Waals surface area contributed by atoms with Crippen LogP contribution < -0.4 is 10.6 Å². The van der Waals surface area contributed by atoms with Gasteiger partial charge in [0.05, 0.1) is 12.6 Å². The predicted molar refractivity (Wildman–Crippen MR) is 73.0 cm³/mol. The zero-order valence-electron chi connectivity index (χ0n) is 9.94. The highest BCUT2D eigenvalue weighted by molar-refractivity contribution is 7.99. The van der Waals surface area contributed by atoms with Crippen LogP contribution in [-0.2, 0) is 9.53 Å². The van der Waals surface area contributed by atoms with Crippen LogP contribution in [0.5, 0.6) is 0 Å². The van der Waals surface area contributed by atoms with Gasteiger partial charge in [0.1, 0.15) is 0 Å². The Hall–Kier alpha value is 0.0300. The zero-order valence-corrected chi connectivity index (χ0v) is 11.6. The molecular weight excluding hydrogens is 260 g/mol. The first-order chi connectivity index (χ1) is 7.84. The van der Waals surface area contributed by atoms with Crippen molar-refractivity contribution in [2.75, 3.05) is 31.3 Å². The average Bonchev–Trinajstić information content (AvgIpc) is 2.31. The van der Waals surface area contributed by atoms with Crippen molar-refractivity contribution in [2.45, 2.75) is 31.3 Å². The topological polar surface area (TPSA) is 50.4 Å². The molecule has 0 aromatic rings. The molecule has 0 aromatic heterocycles. The summed E-state index contributed by atoms with van der Waals surface area (Å²) < 4.78 is 5.34. The van der Waals surface area contributed by atoms with Gasteiger partial charge in [-0.25, -0.2) is 0 Å². The van der Waals surface area contributed by atoms with Crippen LogP contribution in [-0.4, -0.2) is 49.3 Å². The molecule has 0 bridgehead atoms. The number of carbonyl (C=O) groups excluding carboxylic acids is 1. The van der Waals surface area contributed by atoms with Gasteiger partial charge in [0.15, 0.2) is 0 Å². The Morgan fingerprint density at radius 3 is 3.06 bits per heavy atom. The summed E-state index contributed by atoms with van der Waals surface area (Å²) in [6.07, 6.45) is 2.71. The molecule has 2 aliphatic heterocycles. The van der Waals surface area contributed by atoms with Gasteiger partial charge in [0.25, 0.3) is 0 Å². The summed E-state index contributed by atoms with van der Waals surface area (Å²) in [6, 6.07) is 0.584. The lowest BCUT2D eigenvalue weighted by Gasteiger charge is -2.26. The van der Waals surface area contributed by atoms with Crippen molar-refractivity contribution in [3.8, 4) is 0 Å². The molecule has 0 spiro atoms. The van der Waals surface area contributed by atoms with Crippen molar-refractivity contribution < 1.29 is 9.53 Å². The molecule has 1 amide bonds. The summed E-state index contributed by atoms with van der Waals surface area (Å²) in [5.41, 5.74) is 0. The molecule has 2 rings (SSSR count). The molecule has 17 heavy (non-hydrogen) atoms. The largest absolute Gasteiger partial charge is 0.379 e. The molecule has 0 aliphatic carbocycles. The fourth-order valence-electron chi connectivity index (χ4n) is 2.12. The molecular formula is C11H21ClN2O2S. The van der Waals surface area contributed by atoms with Crippen molar-refractivity contribution in [1.82, 2.24) is 10.6 Å². The number of rotatable bonds is 3. The van der Waals surface area contributed by atoms with Crippen molar-refractivity contribution in [2.24, 2.45) is 0 Å². The van der Waals surface area contributed by atoms with E-state index in [2.05, 4.69) is 10.6 Å². The summed E-state index contributed by atoms with van der Waals surface area (Å²) in [6.45, 7) is 2.54. The second-order valence-corrected chi connectivity index (χ2v) is 5.56. The summed E-state index contributed by atoms with van der Waals surface area (Å²) in [7, 11) is 0. The molecule has 2 aliphatic rings. The van der Waals surface area contributed by atoms with E-state index in [1.807, 2.05) is 11.8 Å². The van der Waals surface area contributed by atoms with Gasteiger partial charge in [0, 0.05) is 37.1 Å². The van der Waals surface area contributed by atoms with E-state index in [0.717, 1.165) is 37.5 Å². The Morgan fingerprint density at radius 2 is 2.41 bits per heavy atom. The second kappa shape index (κ2) is 8.19. The third kappa shape index (κ3) is 5.46. The van der Waals surface area contributed by atoms with E-state index < -0.39 is 0 Å². The lowest BCUT2D eigenvalue weighted by molar-refractivity contribution is -0.123. The van der Waals surface area contributed by atoms with E-state index in [4.69, 9.17) is 4.74 Å². The number of hydrogen-bond donors (Lipinski definition) is 2. The van der Waals surface area contributed by atoms with E-state index in [-0.39, 0.29) is 24.4 Å². The highest BCUT2D eigenvalue weighted by atomic mass is 35.5. The van der Waals surface area contributed by atoms with Crippen LogP contribution in [0.2, 0.25) is 0 Å². The highest BCUT2D eigenvalue weighted by Gasteiger charge is 2.20. The molecule has 2 atom stereocenters. The van der Waals surface area contributed by atoms with Gasteiger partial charge in [0.2, 0.25) is 5.91 Å². The monoisotopic (exact) mass is 280 g/mol. The van der Waals surface area contributed by atoms with Gasteiger partial charge >= 0.3 is 0 Å². The van der Waals surface area contributed by atoms with Crippen molar-refractivity contribution in [3.63, 3.8) is 0 Å². The van der Waals surface area contributed by atoms with Crippen LogP contribution in [0.3, 0.4) is 0 Å². The first kappa shape index (κ1) is 15.1. The van der Waals surface area contributed by atoms with E-state index in [9.17, 15) is 4.79 Å². The Labute approximate surface area is 113 Å². The molecule has 2 fully saturated rings. The molecule has 2 heterocycles. The molecule has 2 saturated heterocycles. The fourth-order valence-corrected chi connectivity index (χ4v) is 3.06.